The first-order valence-corrected chi connectivity index (χ1v) is 16.8. The molecule has 0 aliphatic rings. The molecule has 0 saturated carbocycles. The maximum absolute atomic E-state index is 8.92. The van der Waals surface area contributed by atoms with Gasteiger partial charge in [-0.2, -0.15) is 0 Å². The van der Waals surface area contributed by atoms with Crippen molar-refractivity contribution in [2.75, 3.05) is 0 Å². The van der Waals surface area contributed by atoms with Crippen molar-refractivity contribution < 1.29 is 1.37 Å². The molecule has 2 heterocycles. The molecule has 0 unspecified atom stereocenters. The summed E-state index contributed by atoms with van der Waals surface area (Å²) in [6, 6.07) is 24.9. The predicted molar refractivity (Wildman–Crippen MR) is 149 cm³/mol. The molecule has 0 amide bonds. The van der Waals surface area contributed by atoms with Crippen LogP contribution in [0.4, 0.5) is 0 Å². The summed E-state index contributed by atoms with van der Waals surface area (Å²) < 4.78 is 11.4. The van der Waals surface area contributed by atoms with E-state index in [1.165, 1.54) is 25.8 Å². The summed E-state index contributed by atoms with van der Waals surface area (Å²) in [5.41, 5.74) is 4.62. The van der Waals surface area contributed by atoms with Gasteiger partial charge in [-0.15, -0.1) is 0 Å². The van der Waals surface area contributed by atoms with E-state index in [2.05, 4.69) is 107 Å². The van der Waals surface area contributed by atoms with Gasteiger partial charge in [0.15, 0.2) is 0 Å². The number of aromatic nitrogens is 1. The van der Waals surface area contributed by atoms with Gasteiger partial charge in [0.25, 0.3) is 0 Å². The number of rotatable bonds is 3. The van der Waals surface area contributed by atoms with Crippen LogP contribution in [-0.4, -0.2) is 27.6 Å². The average Bonchev–Trinajstić information content (AvgIpc) is 3.13. The number of hydrogen-bond donors (Lipinski definition) is 0. The van der Waals surface area contributed by atoms with Gasteiger partial charge in [-0.1, -0.05) is 0 Å². The summed E-state index contributed by atoms with van der Waals surface area (Å²) in [5, 5.41) is 5.13. The molecule has 3 heteroatoms. The Morgan fingerprint density at radius 2 is 1.64 bits per heavy atom. The van der Waals surface area contributed by atoms with Gasteiger partial charge < -0.3 is 0 Å². The Kier molecular flexibility index (Phi) is 5.18. The van der Waals surface area contributed by atoms with Crippen LogP contribution in [0.1, 0.15) is 27.7 Å². The third kappa shape index (κ3) is 4.38. The second-order valence-corrected chi connectivity index (χ2v) is 18.2. The van der Waals surface area contributed by atoms with Crippen molar-refractivity contribution in [2.45, 2.75) is 45.8 Å². The first kappa shape index (κ1) is 21.1. The van der Waals surface area contributed by atoms with Crippen LogP contribution in [0.25, 0.3) is 41.7 Å². The summed E-state index contributed by atoms with van der Waals surface area (Å²) in [7, 11) is -1.38. The first-order chi connectivity index (χ1) is 16.0. The number of hydrogen-bond acceptors (Lipinski definition) is 1. The zero-order chi connectivity index (χ0) is 24.3. The summed E-state index contributed by atoms with van der Waals surface area (Å²) in [6.07, 6.45) is 1.91. The Balaban J connectivity index is 1.65. The van der Waals surface area contributed by atoms with Crippen molar-refractivity contribution >= 4 is 48.2 Å². The number of nitrogens with zero attached hydrogens (tertiary/aromatic N) is 1. The third-order valence-corrected chi connectivity index (χ3v) is 10.6. The fourth-order valence-electron chi connectivity index (χ4n) is 4.37. The minimum atomic E-state index is -1.38. The van der Waals surface area contributed by atoms with E-state index in [1.807, 2.05) is 6.20 Å². The van der Waals surface area contributed by atoms with Crippen LogP contribution in [0.3, 0.4) is 0 Å². The SMILES string of the molecule is [2H]c1c(-c2ccnc(-c3cc(C(C)(C)C)c4ccccc4c3)c2)[se]c2cc([Si](C)(C)C)ccc12. The van der Waals surface area contributed by atoms with E-state index in [1.54, 1.807) is 0 Å². The van der Waals surface area contributed by atoms with Gasteiger partial charge in [0.1, 0.15) is 0 Å². The Morgan fingerprint density at radius 3 is 2.39 bits per heavy atom. The molecular formula is C30H31NSeSi. The molecule has 5 rings (SSSR count). The summed E-state index contributed by atoms with van der Waals surface area (Å²) in [6.45, 7) is 14.0. The predicted octanol–water partition coefficient (Wildman–Crippen LogP) is 7.62. The molecule has 2 aromatic heterocycles. The molecule has 166 valence electrons. The molecule has 0 saturated heterocycles. The molecule has 0 N–H and O–H groups in total. The number of benzene rings is 3. The van der Waals surface area contributed by atoms with Crippen molar-refractivity contribution in [3.8, 4) is 21.3 Å². The van der Waals surface area contributed by atoms with E-state index in [4.69, 9.17) is 6.35 Å². The average molecular weight is 514 g/mol. The summed E-state index contributed by atoms with van der Waals surface area (Å²) in [4.78, 5) is 4.76. The van der Waals surface area contributed by atoms with Gasteiger partial charge in [-0.25, -0.2) is 0 Å². The Hall–Kier alpha value is -2.45. The fourth-order valence-corrected chi connectivity index (χ4v) is 7.95. The van der Waals surface area contributed by atoms with Crippen LogP contribution < -0.4 is 5.19 Å². The number of fused-ring (bicyclic) bond motifs is 2. The molecule has 0 aliphatic carbocycles. The second kappa shape index (κ2) is 8.09. The zero-order valence-electron chi connectivity index (χ0n) is 21.3. The minimum absolute atomic E-state index is 0.0361. The van der Waals surface area contributed by atoms with E-state index in [9.17, 15) is 0 Å². The van der Waals surface area contributed by atoms with Gasteiger partial charge >= 0.3 is 206 Å². The van der Waals surface area contributed by atoms with Crippen LogP contribution in [-0.2, 0) is 5.41 Å². The van der Waals surface area contributed by atoms with Crippen LogP contribution in [0, 0.1) is 0 Å². The third-order valence-electron chi connectivity index (χ3n) is 6.30. The number of pyridine rings is 1. The Labute approximate surface area is 205 Å². The van der Waals surface area contributed by atoms with Crippen molar-refractivity contribution in [3.63, 3.8) is 0 Å². The van der Waals surface area contributed by atoms with Gasteiger partial charge in [0, 0.05) is 0 Å². The van der Waals surface area contributed by atoms with Gasteiger partial charge in [-0.3, -0.25) is 0 Å². The molecule has 0 bridgehead atoms. The van der Waals surface area contributed by atoms with E-state index >= 15 is 0 Å². The van der Waals surface area contributed by atoms with Crippen molar-refractivity contribution in [1.29, 1.82) is 0 Å². The normalized spacial score (nSPS) is 13.0. The summed E-state index contributed by atoms with van der Waals surface area (Å²) >= 11 is 0.140. The van der Waals surface area contributed by atoms with Crippen LogP contribution in [0.15, 0.2) is 79.0 Å². The maximum atomic E-state index is 8.92. The fraction of sp³-hybridized carbons (Fsp3) is 0.233. The second-order valence-electron chi connectivity index (χ2n) is 10.9. The van der Waals surface area contributed by atoms with E-state index < -0.39 is 8.07 Å². The molecule has 33 heavy (non-hydrogen) atoms. The van der Waals surface area contributed by atoms with Gasteiger partial charge in [0.2, 0.25) is 0 Å². The van der Waals surface area contributed by atoms with Crippen LogP contribution in [0.5, 0.6) is 0 Å². The monoisotopic (exact) mass is 514 g/mol. The van der Waals surface area contributed by atoms with Gasteiger partial charge in [0.05, 0.1) is 0 Å². The molecule has 0 fully saturated rings. The zero-order valence-corrected chi connectivity index (χ0v) is 23.0. The molecule has 0 aliphatic heterocycles. The topological polar surface area (TPSA) is 12.9 Å². The Morgan fingerprint density at radius 1 is 0.848 bits per heavy atom. The molecule has 3 aromatic carbocycles. The summed E-state index contributed by atoms with van der Waals surface area (Å²) in [5.74, 6) is 0. The quantitative estimate of drug-likeness (QED) is 0.226. The van der Waals surface area contributed by atoms with Crippen molar-refractivity contribution in [1.82, 2.24) is 4.98 Å². The van der Waals surface area contributed by atoms with Gasteiger partial charge in [-0.05, 0) is 0 Å². The van der Waals surface area contributed by atoms with Crippen LogP contribution in [0.2, 0.25) is 19.6 Å². The molecule has 5 aromatic rings. The first-order valence-electron chi connectivity index (χ1n) is 12.1. The standard InChI is InChI=1S/C30H31NSeSi/c1-30(2,3)26-16-23(15-20-9-7-8-10-25(20)26)27-17-22(13-14-31-27)28-18-21-11-12-24(33(4,5)6)19-29(21)32-28/h7-19H,1-6H3/i18D. The Bertz CT molecular complexity index is 1540. The van der Waals surface area contributed by atoms with Crippen LogP contribution >= 0.6 is 0 Å². The van der Waals surface area contributed by atoms with Crippen molar-refractivity contribution in [3.05, 3.63) is 84.5 Å². The van der Waals surface area contributed by atoms with E-state index in [0.29, 0.717) is 6.04 Å². The van der Waals surface area contributed by atoms with E-state index in [-0.39, 0.29) is 19.9 Å². The molecule has 0 radical (unpaired) electrons. The molecular weight excluding hydrogens is 481 g/mol. The molecule has 0 spiro atoms. The van der Waals surface area contributed by atoms with Crippen molar-refractivity contribution in [2.24, 2.45) is 0 Å². The van der Waals surface area contributed by atoms with E-state index in [0.717, 1.165) is 26.6 Å². The molecule has 1 nitrogen and oxygen atoms in total. The molecule has 0 atom stereocenters.